The molecule has 0 heterocycles. The minimum absolute atomic E-state index is 0.00857. The van der Waals surface area contributed by atoms with E-state index in [-0.39, 0.29) is 20.8 Å². The average Bonchev–Trinajstić information content (AvgIpc) is 2.15. The Kier molecular flexibility index (Phi) is 4.01. The van der Waals surface area contributed by atoms with Crippen molar-refractivity contribution in [1.82, 2.24) is 0 Å². The largest absolute Gasteiger partial charge is 0.263 e. The third kappa shape index (κ3) is 2.64. The molecule has 0 aliphatic carbocycles. The predicted molar refractivity (Wildman–Crippen MR) is 61.5 cm³/mol. The summed E-state index contributed by atoms with van der Waals surface area (Å²) in [4.78, 5) is -0.232. The molecular formula is C8H4BrCl2NO2S. The van der Waals surface area contributed by atoms with Crippen LogP contribution in [0.4, 0.5) is 0 Å². The van der Waals surface area contributed by atoms with Crippen LogP contribution in [0.15, 0.2) is 21.5 Å². The van der Waals surface area contributed by atoms with Gasteiger partial charge in [0.1, 0.15) is 11.0 Å². The van der Waals surface area contributed by atoms with E-state index in [2.05, 4.69) is 15.9 Å². The van der Waals surface area contributed by atoms with Crippen molar-refractivity contribution < 1.29 is 8.42 Å². The van der Waals surface area contributed by atoms with Crippen molar-refractivity contribution in [1.29, 1.82) is 5.26 Å². The molecule has 0 atom stereocenters. The van der Waals surface area contributed by atoms with Crippen LogP contribution in [0.2, 0.25) is 0 Å². The third-order valence-electron chi connectivity index (χ3n) is 1.69. The SMILES string of the molecule is N#Cc1ccc(CCl)c(Br)c1S(=O)(=O)Cl. The molecule has 0 bridgehead atoms. The first-order chi connectivity index (χ1) is 6.91. The molecule has 0 amide bonds. The van der Waals surface area contributed by atoms with Gasteiger partial charge >= 0.3 is 0 Å². The van der Waals surface area contributed by atoms with E-state index in [1.165, 1.54) is 6.07 Å². The van der Waals surface area contributed by atoms with Crippen LogP contribution in [-0.2, 0) is 14.9 Å². The summed E-state index contributed by atoms with van der Waals surface area (Å²) in [5.74, 6) is 0.131. The molecular weight excluding hydrogens is 325 g/mol. The van der Waals surface area contributed by atoms with Crippen molar-refractivity contribution in [3.05, 3.63) is 27.7 Å². The van der Waals surface area contributed by atoms with Crippen LogP contribution in [0.5, 0.6) is 0 Å². The molecule has 0 aliphatic rings. The summed E-state index contributed by atoms with van der Waals surface area (Å²) in [6.07, 6.45) is 0. The normalized spacial score (nSPS) is 11.1. The van der Waals surface area contributed by atoms with Gasteiger partial charge in [0.05, 0.1) is 5.56 Å². The number of nitriles is 1. The zero-order valence-electron chi connectivity index (χ0n) is 7.17. The zero-order valence-corrected chi connectivity index (χ0v) is 11.1. The van der Waals surface area contributed by atoms with E-state index in [4.69, 9.17) is 27.5 Å². The number of hydrogen-bond acceptors (Lipinski definition) is 3. The molecule has 0 unspecified atom stereocenters. The molecule has 0 aliphatic heterocycles. The lowest BCUT2D eigenvalue weighted by atomic mass is 10.2. The summed E-state index contributed by atoms with van der Waals surface area (Å²) in [7, 11) is 1.26. The van der Waals surface area contributed by atoms with E-state index >= 15 is 0 Å². The van der Waals surface area contributed by atoms with Crippen molar-refractivity contribution >= 4 is 47.3 Å². The number of alkyl halides is 1. The van der Waals surface area contributed by atoms with Crippen LogP contribution < -0.4 is 0 Å². The van der Waals surface area contributed by atoms with Crippen LogP contribution in [0.1, 0.15) is 11.1 Å². The Morgan fingerprint density at radius 2 is 2.07 bits per heavy atom. The van der Waals surface area contributed by atoms with E-state index < -0.39 is 9.05 Å². The summed E-state index contributed by atoms with van der Waals surface area (Å²) in [6.45, 7) is 0. The van der Waals surface area contributed by atoms with Gasteiger partial charge in [-0.05, 0) is 27.6 Å². The van der Waals surface area contributed by atoms with Crippen LogP contribution in [0, 0.1) is 11.3 Å². The predicted octanol–water partition coefficient (Wildman–Crippen LogP) is 2.99. The Balaban J connectivity index is 3.67. The molecule has 0 radical (unpaired) electrons. The Morgan fingerprint density at radius 1 is 1.47 bits per heavy atom. The lowest BCUT2D eigenvalue weighted by Gasteiger charge is -2.06. The van der Waals surface area contributed by atoms with E-state index in [1.807, 2.05) is 0 Å². The zero-order chi connectivity index (χ0) is 11.6. The molecule has 1 aromatic carbocycles. The number of hydrogen-bond donors (Lipinski definition) is 0. The topological polar surface area (TPSA) is 57.9 Å². The third-order valence-corrected chi connectivity index (χ3v) is 4.52. The minimum Gasteiger partial charge on any atom is -0.207 e. The van der Waals surface area contributed by atoms with Gasteiger partial charge in [-0.15, -0.1) is 11.6 Å². The highest BCUT2D eigenvalue weighted by molar-refractivity contribution is 9.10. The van der Waals surface area contributed by atoms with Crippen molar-refractivity contribution in [2.75, 3.05) is 0 Å². The number of nitrogens with zero attached hydrogens (tertiary/aromatic N) is 1. The van der Waals surface area contributed by atoms with Gasteiger partial charge in [-0.1, -0.05) is 6.07 Å². The fourth-order valence-corrected chi connectivity index (χ4v) is 4.02. The van der Waals surface area contributed by atoms with Gasteiger partial charge in [-0.2, -0.15) is 5.26 Å². The van der Waals surface area contributed by atoms with E-state index in [0.29, 0.717) is 5.56 Å². The molecule has 0 spiro atoms. The van der Waals surface area contributed by atoms with Gasteiger partial charge in [0, 0.05) is 21.0 Å². The van der Waals surface area contributed by atoms with Crippen LogP contribution in [0.25, 0.3) is 0 Å². The second-order valence-corrected chi connectivity index (χ2v) is 6.16. The highest BCUT2D eigenvalue weighted by Gasteiger charge is 2.21. The van der Waals surface area contributed by atoms with Crippen molar-refractivity contribution in [3.63, 3.8) is 0 Å². The minimum atomic E-state index is -3.96. The Morgan fingerprint density at radius 3 is 2.47 bits per heavy atom. The summed E-state index contributed by atoms with van der Waals surface area (Å²) in [5.41, 5.74) is 0.556. The van der Waals surface area contributed by atoms with Crippen molar-refractivity contribution in [2.45, 2.75) is 10.8 Å². The van der Waals surface area contributed by atoms with Gasteiger partial charge in [0.2, 0.25) is 0 Å². The molecule has 0 aromatic heterocycles. The highest BCUT2D eigenvalue weighted by atomic mass is 79.9. The molecule has 1 rings (SSSR count). The molecule has 1 aromatic rings. The van der Waals surface area contributed by atoms with Crippen LogP contribution >= 0.6 is 38.2 Å². The summed E-state index contributed by atoms with van der Waals surface area (Å²) < 4.78 is 22.7. The number of halogens is 3. The molecule has 0 saturated heterocycles. The molecule has 0 saturated carbocycles. The molecule has 80 valence electrons. The van der Waals surface area contributed by atoms with E-state index in [0.717, 1.165) is 0 Å². The van der Waals surface area contributed by atoms with E-state index in [1.54, 1.807) is 12.1 Å². The first-order valence-electron chi connectivity index (χ1n) is 3.64. The summed E-state index contributed by atoms with van der Waals surface area (Å²) >= 11 is 8.67. The lowest BCUT2D eigenvalue weighted by Crippen LogP contribution is -1.99. The smallest absolute Gasteiger partial charge is 0.207 e. The van der Waals surface area contributed by atoms with Crippen LogP contribution in [0.3, 0.4) is 0 Å². The fourth-order valence-electron chi connectivity index (χ4n) is 1.03. The quantitative estimate of drug-likeness (QED) is 0.619. The van der Waals surface area contributed by atoms with Gasteiger partial charge in [-0.3, -0.25) is 0 Å². The number of benzene rings is 1. The maximum atomic E-state index is 11.2. The molecule has 0 N–H and O–H groups in total. The monoisotopic (exact) mass is 327 g/mol. The van der Waals surface area contributed by atoms with Crippen LogP contribution in [-0.4, -0.2) is 8.42 Å². The first kappa shape index (κ1) is 12.8. The van der Waals surface area contributed by atoms with E-state index in [9.17, 15) is 8.42 Å². The Bertz CT molecular complexity index is 536. The van der Waals surface area contributed by atoms with Crippen molar-refractivity contribution in [2.24, 2.45) is 0 Å². The first-order valence-corrected chi connectivity index (χ1v) is 7.27. The molecule has 15 heavy (non-hydrogen) atoms. The van der Waals surface area contributed by atoms with Crippen molar-refractivity contribution in [3.8, 4) is 6.07 Å². The molecule has 0 fully saturated rings. The molecule has 7 heteroatoms. The van der Waals surface area contributed by atoms with Gasteiger partial charge in [-0.25, -0.2) is 8.42 Å². The Labute approximate surface area is 105 Å². The second kappa shape index (κ2) is 4.71. The standard InChI is InChI=1S/C8H4BrCl2NO2S/c9-7-5(3-10)1-2-6(4-12)8(7)15(11,13)14/h1-2H,3H2. The van der Waals surface area contributed by atoms with Gasteiger partial charge < -0.3 is 0 Å². The Hall–Kier alpha value is -0.280. The van der Waals surface area contributed by atoms with Gasteiger partial charge in [0.25, 0.3) is 9.05 Å². The number of rotatable bonds is 2. The highest BCUT2D eigenvalue weighted by Crippen LogP contribution is 2.32. The average molecular weight is 329 g/mol. The maximum Gasteiger partial charge on any atom is 0.263 e. The van der Waals surface area contributed by atoms with Gasteiger partial charge in [0.15, 0.2) is 0 Å². The molecule has 3 nitrogen and oxygen atoms in total. The summed E-state index contributed by atoms with van der Waals surface area (Å²) in [6, 6.07) is 4.70. The maximum absolute atomic E-state index is 11.2. The summed E-state index contributed by atoms with van der Waals surface area (Å²) in [5, 5.41) is 8.74. The fraction of sp³-hybridized carbons (Fsp3) is 0.125. The lowest BCUT2D eigenvalue weighted by molar-refractivity contribution is 0.609. The second-order valence-electron chi connectivity index (χ2n) is 2.60.